The number of nitrogens with two attached hydrogens (primary N) is 1. The summed E-state index contributed by atoms with van der Waals surface area (Å²) in [5.74, 6) is 0.629. The van der Waals surface area contributed by atoms with Crippen LogP contribution in [0.5, 0.6) is 0 Å². The van der Waals surface area contributed by atoms with Gasteiger partial charge in [0.15, 0.2) is 0 Å². The maximum absolute atomic E-state index is 6.56. The number of benzene rings is 1. The molecule has 118 valence electrons. The highest BCUT2D eigenvalue weighted by atomic mass is 16.5. The minimum atomic E-state index is 0.00345. The second kappa shape index (κ2) is 8.55. The standard InChI is InChI=1S/C19H31NO/c1-3-8-15-11-13-16(14-12-15)18(20)19(21-4-2)17-9-6-5-7-10-17/h11-14,17-19H,3-10,20H2,1-2H3. The minimum Gasteiger partial charge on any atom is -0.376 e. The quantitative estimate of drug-likeness (QED) is 0.794. The van der Waals surface area contributed by atoms with E-state index in [1.165, 1.54) is 49.7 Å². The SMILES string of the molecule is CCCc1ccc(C(N)C(OCC)C2CCCCC2)cc1. The predicted molar refractivity (Wildman–Crippen MR) is 89.4 cm³/mol. The van der Waals surface area contributed by atoms with Gasteiger partial charge in [-0.05, 0) is 43.2 Å². The van der Waals surface area contributed by atoms with E-state index in [0.717, 1.165) is 13.0 Å². The van der Waals surface area contributed by atoms with Crippen LogP contribution in [0.25, 0.3) is 0 Å². The molecule has 0 bridgehead atoms. The zero-order chi connectivity index (χ0) is 15.1. The number of hydrogen-bond acceptors (Lipinski definition) is 2. The Morgan fingerprint density at radius 3 is 2.33 bits per heavy atom. The van der Waals surface area contributed by atoms with Gasteiger partial charge in [-0.15, -0.1) is 0 Å². The predicted octanol–water partition coefficient (Wildman–Crippen LogP) is 4.62. The van der Waals surface area contributed by atoms with Crippen molar-refractivity contribution in [2.75, 3.05) is 6.61 Å². The van der Waals surface area contributed by atoms with E-state index in [2.05, 4.69) is 38.1 Å². The molecule has 21 heavy (non-hydrogen) atoms. The van der Waals surface area contributed by atoms with E-state index < -0.39 is 0 Å². The molecular weight excluding hydrogens is 258 g/mol. The third kappa shape index (κ3) is 4.55. The topological polar surface area (TPSA) is 35.2 Å². The molecule has 0 aliphatic heterocycles. The van der Waals surface area contributed by atoms with Gasteiger partial charge >= 0.3 is 0 Å². The second-order valence-electron chi connectivity index (χ2n) is 6.34. The van der Waals surface area contributed by atoms with Gasteiger partial charge < -0.3 is 10.5 Å². The van der Waals surface area contributed by atoms with Crippen molar-refractivity contribution >= 4 is 0 Å². The van der Waals surface area contributed by atoms with E-state index in [-0.39, 0.29) is 12.1 Å². The molecule has 0 saturated heterocycles. The van der Waals surface area contributed by atoms with Crippen LogP contribution in [-0.4, -0.2) is 12.7 Å². The average Bonchev–Trinajstić information content (AvgIpc) is 2.54. The lowest BCUT2D eigenvalue weighted by Gasteiger charge is -2.34. The highest BCUT2D eigenvalue weighted by Crippen LogP contribution is 2.33. The van der Waals surface area contributed by atoms with E-state index in [9.17, 15) is 0 Å². The molecule has 2 heteroatoms. The van der Waals surface area contributed by atoms with Gasteiger partial charge in [-0.3, -0.25) is 0 Å². The average molecular weight is 289 g/mol. The van der Waals surface area contributed by atoms with Gasteiger partial charge in [0.1, 0.15) is 0 Å². The highest BCUT2D eigenvalue weighted by Gasteiger charge is 2.29. The zero-order valence-corrected chi connectivity index (χ0v) is 13.7. The van der Waals surface area contributed by atoms with Gasteiger partial charge in [-0.2, -0.15) is 0 Å². The summed E-state index contributed by atoms with van der Waals surface area (Å²) >= 11 is 0. The van der Waals surface area contributed by atoms with Gasteiger partial charge in [0.05, 0.1) is 12.1 Å². The van der Waals surface area contributed by atoms with Crippen molar-refractivity contribution in [3.8, 4) is 0 Å². The summed E-state index contributed by atoms with van der Waals surface area (Å²) in [5.41, 5.74) is 9.18. The molecule has 0 radical (unpaired) electrons. The number of ether oxygens (including phenoxy) is 1. The summed E-state index contributed by atoms with van der Waals surface area (Å²) < 4.78 is 6.05. The van der Waals surface area contributed by atoms with Crippen LogP contribution in [0.3, 0.4) is 0 Å². The summed E-state index contributed by atoms with van der Waals surface area (Å²) in [6, 6.07) is 8.85. The number of rotatable bonds is 7. The van der Waals surface area contributed by atoms with Gasteiger partial charge in [-0.25, -0.2) is 0 Å². The Hall–Kier alpha value is -0.860. The fourth-order valence-corrected chi connectivity index (χ4v) is 3.57. The molecule has 2 nitrogen and oxygen atoms in total. The summed E-state index contributed by atoms with van der Waals surface area (Å²) in [7, 11) is 0. The highest BCUT2D eigenvalue weighted by molar-refractivity contribution is 5.26. The Labute approximate surface area is 130 Å². The molecule has 2 unspecified atom stereocenters. The Kier molecular flexibility index (Phi) is 6.72. The van der Waals surface area contributed by atoms with Crippen LogP contribution in [0, 0.1) is 5.92 Å². The van der Waals surface area contributed by atoms with Crippen molar-refractivity contribution in [3.05, 3.63) is 35.4 Å². The van der Waals surface area contributed by atoms with Crippen LogP contribution in [0.4, 0.5) is 0 Å². The van der Waals surface area contributed by atoms with E-state index in [1.807, 2.05) is 0 Å². The second-order valence-corrected chi connectivity index (χ2v) is 6.34. The van der Waals surface area contributed by atoms with Crippen LogP contribution in [0.2, 0.25) is 0 Å². The maximum atomic E-state index is 6.56. The first-order valence-corrected chi connectivity index (χ1v) is 8.72. The Bertz CT molecular complexity index is 395. The molecule has 2 rings (SSSR count). The molecule has 2 N–H and O–H groups in total. The molecule has 0 spiro atoms. The zero-order valence-electron chi connectivity index (χ0n) is 13.7. The molecule has 0 aromatic heterocycles. The first-order chi connectivity index (χ1) is 10.3. The minimum absolute atomic E-state index is 0.00345. The van der Waals surface area contributed by atoms with Crippen LogP contribution in [0.1, 0.15) is 69.5 Å². The van der Waals surface area contributed by atoms with Crippen molar-refractivity contribution in [1.29, 1.82) is 0 Å². The number of aryl methyl sites for hydroxylation is 1. The molecule has 1 saturated carbocycles. The van der Waals surface area contributed by atoms with Crippen molar-refractivity contribution in [2.45, 2.75) is 70.9 Å². The first kappa shape index (κ1) is 16.5. The summed E-state index contributed by atoms with van der Waals surface area (Å²) in [6.45, 7) is 5.05. The van der Waals surface area contributed by atoms with Gasteiger partial charge in [0.25, 0.3) is 0 Å². The lowest BCUT2D eigenvalue weighted by molar-refractivity contribution is -0.00985. The Morgan fingerprint density at radius 1 is 1.10 bits per heavy atom. The molecule has 2 atom stereocenters. The molecule has 0 heterocycles. The van der Waals surface area contributed by atoms with E-state index in [1.54, 1.807) is 0 Å². The molecule has 1 aliphatic carbocycles. The van der Waals surface area contributed by atoms with Crippen molar-refractivity contribution in [3.63, 3.8) is 0 Å². The van der Waals surface area contributed by atoms with Crippen LogP contribution in [0.15, 0.2) is 24.3 Å². The molecular formula is C19H31NO. The van der Waals surface area contributed by atoms with Crippen LogP contribution < -0.4 is 5.73 Å². The third-order valence-corrected chi connectivity index (χ3v) is 4.73. The van der Waals surface area contributed by atoms with Gasteiger partial charge in [-0.1, -0.05) is 56.9 Å². The lowest BCUT2D eigenvalue weighted by Crippen LogP contribution is -2.36. The molecule has 1 aromatic rings. The Morgan fingerprint density at radius 2 is 1.76 bits per heavy atom. The number of hydrogen-bond donors (Lipinski definition) is 1. The van der Waals surface area contributed by atoms with Crippen LogP contribution >= 0.6 is 0 Å². The third-order valence-electron chi connectivity index (χ3n) is 4.73. The molecule has 0 amide bonds. The van der Waals surface area contributed by atoms with E-state index in [0.29, 0.717) is 5.92 Å². The fourth-order valence-electron chi connectivity index (χ4n) is 3.57. The molecule has 1 aliphatic rings. The van der Waals surface area contributed by atoms with Crippen molar-refractivity contribution in [1.82, 2.24) is 0 Å². The largest absolute Gasteiger partial charge is 0.376 e. The van der Waals surface area contributed by atoms with E-state index >= 15 is 0 Å². The molecule has 1 fully saturated rings. The lowest BCUT2D eigenvalue weighted by atomic mass is 9.81. The summed E-state index contributed by atoms with van der Waals surface area (Å²) in [6.07, 6.45) is 9.08. The van der Waals surface area contributed by atoms with Crippen molar-refractivity contribution < 1.29 is 4.74 Å². The smallest absolute Gasteiger partial charge is 0.0795 e. The van der Waals surface area contributed by atoms with Gasteiger partial charge in [0, 0.05) is 6.61 Å². The summed E-state index contributed by atoms with van der Waals surface area (Å²) in [4.78, 5) is 0. The Balaban J connectivity index is 2.07. The summed E-state index contributed by atoms with van der Waals surface area (Å²) in [5, 5.41) is 0. The van der Waals surface area contributed by atoms with E-state index in [4.69, 9.17) is 10.5 Å². The normalized spacial score (nSPS) is 19.4. The van der Waals surface area contributed by atoms with Gasteiger partial charge in [0.2, 0.25) is 0 Å². The molecule has 1 aromatic carbocycles. The van der Waals surface area contributed by atoms with Crippen LogP contribution in [-0.2, 0) is 11.2 Å². The first-order valence-electron chi connectivity index (χ1n) is 8.72. The van der Waals surface area contributed by atoms with Crippen molar-refractivity contribution in [2.24, 2.45) is 11.7 Å². The fraction of sp³-hybridized carbons (Fsp3) is 0.684. The maximum Gasteiger partial charge on any atom is 0.0795 e. The monoisotopic (exact) mass is 289 g/mol.